The fourth-order valence-corrected chi connectivity index (χ4v) is 4.32. The third kappa shape index (κ3) is 5.45. The van der Waals surface area contributed by atoms with Gasteiger partial charge in [0.25, 0.3) is 5.91 Å². The van der Waals surface area contributed by atoms with E-state index in [2.05, 4.69) is 17.1 Å². The third-order valence-corrected chi connectivity index (χ3v) is 5.78. The van der Waals surface area contributed by atoms with Crippen LogP contribution in [0.3, 0.4) is 0 Å². The molecule has 0 spiro atoms. The number of anilines is 1. The monoisotopic (exact) mass is 374 g/mol. The number of amides is 1. The van der Waals surface area contributed by atoms with Gasteiger partial charge in [0.15, 0.2) is 0 Å². The van der Waals surface area contributed by atoms with Crippen molar-refractivity contribution in [2.24, 2.45) is 5.92 Å². The van der Waals surface area contributed by atoms with Crippen LogP contribution in [-0.2, 0) is 9.53 Å². The lowest BCUT2D eigenvalue weighted by atomic mass is 10.0. The molecule has 2 aliphatic rings. The number of nitrogens with zero attached hydrogens (tertiary/aromatic N) is 1. The Morgan fingerprint density at radius 2 is 1.96 bits per heavy atom. The smallest absolute Gasteiger partial charge is 0.256 e. The van der Waals surface area contributed by atoms with Crippen LogP contribution in [0.15, 0.2) is 24.3 Å². The molecular formula is C22H34N2O3. The molecule has 1 N–H and O–H groups in total. The molecule has 27 heavy (non-hydrogen) atoms. The van der Waals surface area contributed by atoms with Crippen molar-refractivity contribution in [1.29, 1.82) is 0 Å². The summed E-state index contributed by atoms with van der Waals surface area (Å²) >= 11 is 0. The van der Waals surface area contributed by atoms with Gasteiger partial charge in [-0.3, -0.25) is 9.69 Å². The highest BCUT2D eigenvalue weighted by atomic mass is 16.5. The van der Waals surface area contributed by atoms with E-state index in [1.807, 2.05) is 31.2 Å². The quantitative estimate of drug-likeness (QED) is 0.745. The maximum atomic E-state index is 12.7. The standard InChI is InChI=1S/C22H34N2O3/c1-3-27-22(12-4-5-13-22)21(25)23-19-8-10-20(11-9-19)26-16-15-24-14-6-7-18(2)17-24/h8-11,18H,3-7,12-17H2,1-2H3,(H,23,25). The summed E-state index contributed by atoms with van der Waals surface area (Å²) in [4.78, 5) is 15.2. The second-order valence-electron chi connectivity index (χ2n) is 8.01. The van der Waals surface area contributed by atoms with Crippen LogP contribution in [0.1, 0.15) is 52.4 Å². The first-order valence-corrected chi connectivity index (χ1v) is 10.5. The van der Waals surface area contributed by atoms with E-state index in [0.29, 0.717) is 13.2 Å². The lowest BCUT2D eigenvalue weighted by Gasteiger charge is -2.30. The summed E-state index contributed by atoms with van der Waals surface area (Å²) in [6.45, 7) is 8.86. The van der Waals surface area contributed by atoms with Gasteiger partial charge in [0, 0.05) is 25.4 Å². The number of benzene rings is 1. The second kappa shape index (κ2) is 9.56. The Morgan fingerprint density at radius 1 is 1.22 bits per heavy atom. The maximum Gasteiger partial charge on any atom is 0.256 e. The van der Waals surface area contributed by atoms with Gasteiger partial charge < -0.3 is 14.8 Å². The van der Waals surface area contributed by atoms with E-state index in [4.69, 9.17) is 9.47 Å². The lowest BCUT2D eigenvalue weighted by Crippen LogP contribution is -2.43. The zero-order chi connectivity index (χ0) is 19.1. The summed E-state index contributed by atoms with van der Waals surface area (Å²) in [5.41, 5.74) is 0.151. The molecule has 1 saturated heterocycles. The number of nitrogens with one attached hydrogen (secondary N) is 1. The molecule has 5 heteroatoms. The zero-order valence-electron chi connectivity index (χ0n) is 16.8. The first kappa shape index (κ1) is 20.2. The highest BCUT2D eigenvalue weighted by Crippen LogP contribution is 2.34. The van der Waals surface area contributed by atoms with Crippen LogP contribution in [0, 0.1) is 5.92 Å². The molecule has 1 aliphatic carbocycles. The number of carbonyl (C=O) groups is 1. The van der Waals surface area contributed by atoms with E-state index in [9.17, 15) is 4.79 Å². The van der Waals surface area contributed by atoms with Crippen LogP contribution in [0.4, 0.5) is 5.69 Å². The summed E-state index contributed by atoms with van der Waals surface area (Å²) in [6.07, 6.45) is 6.35. The van der Waals surface area contributed by atoms with Crippen molar-refractivity contribution in [2.45, 2.75) is 58.0 Å². The fraction of sp³-hybridized carbons (Fsp3) is 0.682. The van der Waals surface area contributed by atoms with Gasteiger partial charge in [0.2, 0.25) is 0 Å². The van der Waals surface area contributed by atoms with Crippen molar-refractivity contribution in [2.75, 3.05) is 38.2 Å². The number of ether oxygens (including phenoxy) is 2. The molecule has 5 nitrogen and oxygen atoms in total. The Kier molecular flexibility index (Phi) is 7.13. The molecule has 3 rings (SSSR count). The number of likely N-dealkylation sites (tertiary alicyclic amines) is 1. The molecule has 1 aromatic rings. The lowest BCUT2D eigenvalue weighted by molar-refractivity contribution is -0.140. The number of piperidine rings is 1. The Labute approximate surface area is 163 Å². The minimum absolute atomic E-state index is 0.0188. The average molecular weight is 375 g/mol. The molecule has 1 unspecified atom stereocenters. The molecule has 150 valence electrons. The first-order chi connectivity index (χ1) is 13.1. The molecular weight excluding hydrogens is 340 g/mol. The molecule has 1 heterocycles. The minimum Gasteiger partial charge on any atom is -0.492 e. The first-order valence-electron chi connectivity index (χ1n) is 10.5. The highest BCUT2D eigenvalue weighted by molar-refractivity contribution is 5.97. The minimum atomic E-state index is -0.643. The molecule has 1 saturated carbocycles. The molecule has 2 fully saturated rings. The van der Waals surface area contributed by atoms with Gasteiger partial charge in [0.05, 0.1) is 0 Å². The van der Waals surface area contributed by atoms with Gasteiger partial charge in [-0.2, -0.15) is 0 Å². The molecule has 1 aromatic carbocycles. The van der Waals surface area contributed by atoms with Crippen LogP contribution in [0.25, 0.3) is 0 Å². The highest BCUT2D eigenvalue weighted by Gasteiger charge is 2.41. The zero-order valence-corrected chi connectivity index (χ0v) is 16.8. The Morgan fingerprint density at radius 3 is 2.63 bits per heavy atom. The van der Waals surface area contributed by atoms with Crippen molar-refractivity contribution in [3.8, 4) is 5.75 Å². The van der Waals surface area contributed by atoms with Crippen molar-refractivity contribution in [1.82, 2.24) is 4.90 Å². The Hall–Kier alpha value is -1.59. The normalized spacial score (nSPS) is 22.5. The molecule has 0 bridgehead atoms. The summed E-state index contributed by atoms with van der Waals surface area (Å²) in [7, 11) is 0. The topological polar surface area (TPSA) is 50.8 Å². The van der Waals surface area contributed by atoms with Gasteiger partial charge in [-0.25, -0.2) is 0 Å². The van der Waals surface area contributed by atoms with Gasteiger partial charge in [-0.1, -0.05) is 6.92 Å². The van der Waals surface area contributed by atoms with Crippen molar-refractivity contribution in [3.63, 3.8) is 0 Å². The van der Waals surface area contributed by atoms with Crippen LogP contribution in [0.5, 0.6) is 5.75 Å². The van der Waals surface area contributed by atoms with Crippen molar-refractivity contribution < 1.29 is 14.3 Å². The molecule has 1 atom stereocenters. The van der Waals surface area contributed by atoms with E-state index in [1.165, 1.54) is 25.9 Å². The van der Waals surface area contributed by atoms with Crippen LogP contribution >= 0.6 is 0 Å². The number of carbonyl (C=O) groups excluding carboxylic acids is 1. The van der Waals surface area contributed by atoms with E-state index in [-0.39, 0.29) is 5.91 Å². The van der Waals surface area contributed by atoms with E-state index >= 15 is 0 Å². The van der Waals surface area contributed by atoms with E-state index in [0.717, 1.165) is 49.6 Å². The predicted molar refractivity (Wildman–Crippen MR) is 108 cm³/mol. The van der Waals surface area contributed by atoms with Gasteiger partial charge in [-0.15, -0.1) is 0 Å². The van der Waals surface area contributed by atoms with Crippen LogP contribution in [0.2, 0.25) is 0 Å². The SMILES string of the molecule is CCOC1(C(=O)Nc2ccc(OCCN3CCCC(C)C3)cc2)CCCC1. The van der Waals surface area contributed by atoms with Gasteiger partial charge in [-0.05, 0) is 82.2 Å². The van der Waals surface area contributed by atoms with E-state index in [1.54, 1.807) is 0 Å². The van der Waals surface area contributed by atoms with Gasteiger partial charge in [0.1, 0.15) is 18.0 Å². The molecule has 0 aromatic heterocycles. The molecule has 1 amide bonds. The Bertz CT molecular complexity index is 596. The Balaban J connectivity index is 1.46. The largest absolute Gasteiger partial charge is 0.492 e. The van der Waals surface area contributed by atoms with Crippen molar-refractivity contribution >= 4 is 11.6 Å². The second-order valence-corrected chi connectivity index (χ2v) is 8.01. The number of hydrogen-bond donors (Lipinski definition) is 1. The van der Waals surface area contributed by atoms with E-state index < -0.39 is 5.60 Å². The summed E-state index contributed by atoms with van der Waals surface area (Å²) in [5, 5.41) is 3.02. The summed E-state index contributed by atoms with van der Waals surface area (Å²) in [6, 6.07) is 7.67. The summed E-state index contributed by atoms with van der Waals surface area (Å²) in [5.74, 6) is 1.62. The van der Waals surface area contributed by atoms with Gasteiger partial charge >= 0.3 is 0 Å². The molecule has 1 aliphatic heterocycles. The third-order valence-electron chi connectivity index (χ3n) is 5.78. The number of rotatable bonds is 8. The maximum absolute atomic E-state index is 12.7. The van der Waals surface area contributed by atoms with Crippen LogP contribution < -0.4 is 10.1 Å². The number of hydrogen-bond acceptors (Lipinski definition) is 4. The summed E-state index contributed by atoms with van der Waals surface area (Å²) < 4.78 is 11.7. The fourth-order valence-electron chi connectivity index (χ4n) is 4.32. The van der Waals surface area contributed by atoms with Crippen molar-refractivity contribution in [3.05, 3.63) is 24.3 Å². The van der Waals surface area contributed by atoms with Crippen LogP contribution in [-0.4, -0.2) is 49.3 Å². The molecule has 0 radical (unpaired) electrons. The predicted octanol–water partition coefficient (Wildman–Crippen LogP) is 4.09. The average Bonchev–Trinajstić information content (AvgIpc) is 3.14.